The van der Waals surface area contributed by atoms with Crippen molar-refractivity contribution >= 4 is 21.6 Å². The van der Waals surface area contributed by atoms with Gasteiger partial charge in [-0.15, -0.1) is 0 Å². The summed E-state index contributed by atoms with van der Waals surface area (Å²) in [5.74, 6) is 0. The zero-order valence-electron chi connectivity index (χ0n) is 9.61. The topological polar surface area (TPSA) is 64.4 Å². The fraction of sp³-hybridized carbons (Fsp3) is 0.455. The highest BCUT2D eigenvalue weighted by Gasteiger charge is 2.14. The number of hydrogen-bond donors (Lipinski definition) is 1. The first-order valence-corrected chi connectivity index (χ1v) is 6.16. The number of nitrogens with one attached hydrogen (secondary N) is 1. The molecule has 0 heterocycles. The highest BCUT2D eigenvalue weighted by atomic mass is 79.9. The fourth-order valence-electron chi connectivity index (χ4n) is 1.32. The first kappa shape index (κ1) is 14.1. The smallest absolute Gasteiger partial charge is 0.283 e. The molecule has 0 bridgehead atoms. The van der Waals surface area contributed by atoms with Crippen molar-refractivity contribution in [3.8, 4) is 0 Å². The van der Waals surface area contributed by atoms with Crippen molar-refractivity contribution in [2.24, 2.45) is 0 Å². The van der Waals surface area contributed by atoms with Gasteiger partial charge in [0.25, 0.3) is 5.69 Å². The van der Waals surface area contributed by atoms with Gasteiger partial charge < -0.3 is 10.1 Å². The molecule has 1 rings (SSSR count). The molecule has 0 saturated heterocycles. The second-order valence-corrected chi connectivity index (χ2v) is 4.21. The highest BCUT2D eigenvalue weighted by Crippen LogP contribution is 2.28. The maximum Gasteiger partial charge on any atom is 0.283 e. The Morgan fingerprint density at radius 1 is 1.53 bits per heavy atom. The van der Waals surface area contributed by atoms with E-state index in [4.69, 9.17) is 4.74 Å². The molecular weight excluding hydrogens is 288 g/mol. The largest absolute Gasteiger partial charge is 0.375 e. The Labute approximate surface area is 108 Å². The molecule has 5 nitrogen and oxygen atoms in total. The third-order valence-corrected chi connectivity index (χ3v) is 3.10. The standard InChI is InChI=1S/C11H15BrN2O3/c1-2-13-6-7-17-8-9-4-3-5-10(11(9)12)14(15)16/h3-5,13H,2,6-8H2,1H3. The number of ether oxygens (including phenoxy) is 1. The van der Waals surface area contributed by atoms with Crippen LogP contribution in [0.2, 0.25) is 0 Å². The van der Waals surface area contributed by atoms with Crippen molar-refractivity contribution < 1.29 is 9.66 Å². The number of benzene rings is 1. The lowest BCUT2D eigenvalue weighted by molar-refractivity contribution is -0.385. The van der Waals surface area contributed by atoms with Crippen LogP contribution in [0.3, 0.4) is 0 Å². The van der Waals surface area contributed by atoms with Crippen molar-refractivity contribution in [2.45, 2.75) is 13.5 Å². The van der Waals surface area contributed by atoms with Crippen molar-refractivity contribution in [1.29, 1.82) is 0 Å². The molecule has 0 radical (unpaired) electrons. The van der Waals surface area contributed by atoms with Crippen molar-refractivity contribution in [1.82, 2.24) is 5.32 Å². The average Bonchev–Trinajstić information content (AvgIpc) is 2.30. The van der Waals surface area contributed by atoms with Gasteiger partial charge in [-0.3, -0.25) is 10.1 Å². The van der Waals surface area contributed by atoms with Crippen LogP contribution in [0.4, 0.5) is 5.69 Å². The Bertz CT molecular complexity index is 385. The van der Waals surface area contributed by atoms with Gasteiger partial charge in [-0.2, -0.15) is 0 Å². The minimum atomic E-state index is -0.410. The molecule has 0 aliphatic carbocycles. The minimum Gasteiger partial charge on any atom is -0.375 e. The Balaban J connectivity index is 2.54. The van der Waals surface area contributed by atoms with Gasteiger partial charge in [0.15, 0.2) is 0 Å². The zero-order valence-corrected chi connectivity index (χ0v) is 11.2. The van der Waals surface area contributed by atoms with Gasteiger partial charge >= 0.3 is 0 Å². The summed E-state index contributed by atoms with van der Waals surface area (Å²) in [7, 11) is 0. The van der Waals surface area contributed by atoms with E-state index in [-0.39, 0.29) is 5.69 Å². The summed E-state index contributed by atoms with van der Waals surface area (Å²) in [6.07, 6.45) is 0. The van der Waals surface area contributed by atoms with Crippen LogP contribution in [0.15, 0.2) is 22.7 Å². The molecule has 94 valence electrons. The molecule has 1 N–H and O–H groups in total. The predicted octanol–water partition coefficient (Wildman–Crippen LogP) is 2.48. The molecule has 0 spiro atoms. The SMILES string of the molecule is CCNCCOCc1cccc([N+](=O)[O-])c1Br. The van der Waals surface area contributed by atoms with Gasteiger partial charge in [-0.25, -0.2) is 0 Å². The Kier molecular flexibility index (Phi) is 6.10. The summed E-state index contributed by atoms with van der Waals surface area (Å²) in [5.41, 5.74) is 0.855. The molecule has 0 aliphatic heterocycles. The second kappa shape index (κ2) is 7.37. The van der Waals surface area contributed by atoms with Gasteiger partial charge in [0.1, 0.15) is 4.47 Å². The van der Waals surface area contributed by atoms with Gasteiger partial charge in [-0.05, 0) is 28.0 Å². The van der Waals surface area contributed by atoms with E-state index in [2.05, 4.69) is 21.2 Å². The molecule has 0 saturated carbocycles. The Morgan fingerprint density at radius 2 is 2.29 bits per heavy atom. The van der Waals surface area contributed by atoms with E-state index >= 15 is 0 Å². The third-order valence-electron chi connectivity index (χ3n) is 2.19. The summed E-state index contributed by atoms with van der Waals surface area (Å²) in [6.45, 7) is 4.67. The van der Waals surface area contributed by atoms with E-state index in [9.17, 15) is 10.1 Å². The number of rotatable bonds is 7. The minimum absolute atomic E-state index is 0.0674. The van der Waals surface area contributed by atoms with Crippen LogP contribution < -0.4 is 5.32 Å². The molecule has 0 unspecified atom stereocenters. The number of nitrogens with zero attached hydrogens (tertiary/aromatic N) is 1. The van der Waals surface area contributed by atoms with Crippen molar-refractivity contribution in [3.05, 3.63) is 38.3 Å². The average molecular weight is 303 g/mol. The number of hydrogen-bond acceptors (Lipinski definition) is 4. The predicted molar refractivity (Wildman–Crippen MR) is 69.0 cm³/mol. The van der Waals surface area contributed by atoms with E-state index < -0.39 is 4.92 Å². The van der Waals surface area contributed by atoms with Crippen LogP contribution in [0.25, 0.3) is 0 Å². The van der Waals surface area contributed by atoms with Crippen LogP contribution in [-0.2, 0) is 11.3 Å². The molecular formula is C11H15BrN2O3. The van der Waals surface area contributed by atoms with Gasteiger partial charge in [0, 0.05) is 12.6 Å². The van der Waals surface area contributed by atoms with E-state index in [1.165, 1.54) is 6.07 Å². The highest BCUT2D eigenvalue weighted by molar-refractivity contribution is 9.10. The first-order valence-electron chi connectivity index (χ1n) is 5.37. The van der Waals surface area contributed by atoms with E-state index in [1.54, 1.807) is 6.07 Å². The Hall–Kier alpha value is -0.980. The lowest BCUT2D eigenvalue weighted by Crippen LogP contribution is -2.18. The fourth-order valence-corrected chi connectivity index (χ4v) is 1.85. The van der Waals surface area contributed by atoms with E-state index in [0.29, 0.717) is 17.7 Å². The molecule has 1 aromatic rings. The summed E-state index contributed by atoms with van der Waals surface area (Å²) in [5, 5.41) is 13.8. The molecule has 0 amide bonds. The van der Waals surface area contributed by atoms with Crippen LogP contribution >= 0.6 is 15.9 Å². The molecule has 1 aromatic carbocycles. The number of nitro groups is 1. The molecule has 17 heavy (non-hydrogen) atoms. The molecule has 0 fully saturated rings. The summed E-state index contributed by atoms with van der Waals surface area (Å²) in [4.78, 5) is 10.3. The number of halogens is 1. The molecule has 0 atom stereocenters. The van der Waals surface area contributed by atoms with Crippen LogP contribution in [0, 0.1) is 10.1 Å². The lowest BCUT2D eigenvalue weighted by Gasteiger charge is -2.06. The van der Waals surface area contributed by atoms with Crippen LogP contribution in [0.1, 0.15) is 12.5 Å². The molecule has 0 aliphatic rings. The number of likely N-dealkylation sites (N-methyl/N-ethyl adjacent to an activating group) is 1. The first-order chi connectivity index (χ1) is 8.16. The molecule has 0 aromatic heterocycles. The lowest BCUT2D eigenvalue weighted by atomic mass is 10.2. The maximum absolute atomic E-state index is 10.7. The van der Waals surface area contributed by atoms with Crippen molar-refractivity contribution in [2.75, 3.05) is 19.7 Å². The van der Waals surface area contributed by atoms with Gasteiger partial charge in [0.05, 0.1) is 18.1 Å². The summed E-state index contributed by atoms with van der Waals surface area (Å²) < 4.78 is 5.92. The number of nitro benzene ring substituents is 1. The van der Waals surface area contributed by atoms with Gasteiger partial charge in [-0.1, -0.05) is 19.1 Å². The second-order valence-electron chi connectivity index (χ2n) is 3.41. The van der Waals surface area contributed by atoms with E-state index in [0.717, 1.165) is 18.7 Å². The van der Waals surface area contributed by atoms with Crippen molar-refractivity contribution in [3.63, 3.8) is 0 Å². The van der Waals surface area contributed by atoms with E-state index in [1.807, 2.05) is 13.0 Å². The normalized spacial score (nSPS) is 10.5. The molecule has 6 heteroatoms. The van der Waals surface area contributed by atoms with Crippen LogP contribution in [-0.4, -0.2) is 24.6 Å². The third kappa shape index (κ3) is 4.41. The summed E-state index contributed by atoms with van der Waals surface area (Å²) in [6, 6.07) is 4.93. The summed E-state index contributed by atoms with van der Waals surface area (Å²) >= 11 is 3.23. The monoisotopic (exact) mass is 302 g/mol. The van der Waals surface area contributed by atoms with Crippen LogP contribution in [0.5, 0.6) is 0 Å². The maximum atomic E-state index is 10.7. The quantitative estimate of drug-likeness (QED) is 0.477. The van der Waals surface area contributed by atoms with Gasteiger partial charge in [0.2, 0.25) is 0 Å². The zero-order chi connectivity index (χ0) is 12.7. The Morgan fingerprint density at radius 3 is 2.94 bits per heavy atom.